The Kier molecular flexibility index (Phi) is 3.80. The lowest BCUT2D eigenvalue weighted by Gasteiger charge is -2.18. The molecule has 0 radical (unpaired) electrons. The Balaban J connectivity index is 3.27. The highest BCUT2D eigenvalue weighted by atomic mass is 35.5. The zero-order chi connectivity index (χ0) is 12.3. The standard InChI is InChI=1S/C10H8ClF3O2/c1-16-7-5-3-2-4-6(7)8(9(11)15)10(12,13)14/h2-5,8H,1H3/t8-/m0/s1. The highest BCUT2D eigenvalue weighted by molar-refractivity contribution is 6.64. The van der Waals surface area contributed by atoms with Crippen LogP contribution in [-0.4, -0.2) is 18.5 Å². The molecule has 0 heterocycles. The van der Waals surface area contributed by atoms with Gasteiger partial charge >= 0.3 is 6.18 Å². The first-order chi connectivity index (χ1) is 7.38. The first-order valence-electron chi connectivity index (χ1n) is 4.27. The second-order valence-corrected chi connectivity index (χ2v) is 3.39. The van der Waals surface area contributed by atoms with E-state index in [2.05, 4.69) is 0 Å². The molecule has 0 saturated carbocycles. The summed E-state index contributed by atoms with van der Waals surface area (Å²) < 4.78 is 42.6. The van der Waals surface area contributed by atoms with E-state index in [1.165, 1.54) is 25.3 Å². The number of carbonyl (C=O) groups excluding carboxylic acids is 1. The number of hydrogen-bond donors (Lipinski definition) is 0. The third kappa shape index (κ3) is 2.66. The van der Waals surface area contributed by atoms with Crippen molar-refractivity contribution in [1.82, 2.24) is 0 Å². The van der Waals surface area contributed by atoms with E-state index in [0.29, 0.717) is 0 Å². The van der Waals surface area contributed by atoms with E-state index in [4.69, 9.17) is 16.3 Å². The minimum Gasteiger partial charge on any atom is -0.496 e. The highest BCUT2D eigenvalue weighted by Gasteiger charge is 2.46. The molecule has 1 rings (SSSR count). The molecule has 1 aromatic rings. The van der Waals surface area contributed by atoms with Gasteiger partial charge in [0.2, 0.25) is 5.24 Å². The molecule has 0 aromatic heterocycles. The summed E-state index contributed by atoms with van der Waals surface area (Å²) in [5.74, 6) is -2.37. The summed E-state index contributed by atoms with van der Waals surface area (Å²) in [6.07, 6.45) is -4.73. The zero-order valence-corrected chi connectivity index (χ0v) is 8.97. The molecule has 88 valence electrons. The highest BCUT2D eigenvalue weighted by Crippen LogP contribution is 2.40. The molecular formula is C10H8ClF3O2. The van der Waals surface area contributed by atoms with Crippen LogP contribution in [0.1, 0.15) is 11.5 Å². The Bertz CT molecular complexity index is 390. The van der Waals surface area contributed by atoms with Gasteiger partial charge in [-0.1, -0.05) is 18.2 Å². The molecule has 2 nitrogen and oxygen atoms in total. The SMILES string of the molecule is COc1ccccc1[C@@H](C(=O)Cl)C(F)(F)F. The first kappa shape index (κ1) is 12.8. The average Bonchev–Trinajstić information content (AvgIpc) is 2.15. The van der Waals surface area contributed by atoms with Crippen molar-refractivity contribution in [2.75, 3.05) is 7.11 Å². The van der Waals surface area contributed by atoms with E-state index in [1.807, 2.05) is 0 Å². The summed E-state index contributed by atoms with van der Waals surface area (Å²) in [5, 5.41) is -1.48. The Morgan fingerprint density at radius 3 is 2.38 bits per heavy atom. The molecule has 0 saturated heterocycles. The van der Waals surface area contributed by atoms with Crippen LogP contribution >= 0.6 is 11.6 Å². The molecule has 0 bridgehead atoms. The van der Waals surface area contributed by atoms with Gasteiger partial charge in [-0.25, -0.2) is 0 Å². The van der Waals surface area contributed by atoms with E-state index in [1.54, 1.807) is 0 Å². The van der Waals surface area contributed by atoms with E-state index in [9.17, 15) is 18.0 Å². The maximum absolute atomic E-state index is 12.6. The van der Waals surface area contributed by atoms with Gasteiger partial charge in [0.1, 0.15) is 5.75 Å². The summed E-state index contributed by atoms with van der Waals surface area (Å²) >= 11 is 4.98. The van der Waals surface area contributed by atoms with Crippen molar-refractivity contribution in [3.8, 4) is 5.75 Å². The van der Waals surface area contributed by atoms with E-state index < -0.39 is 17.3 Å². The Hall–Kier alpha value is -1.23. The van der Waals surface area contributed by atoms with Crippen LogP contribution in [0.15, 0.2) is 24.3 Å². The summed E-state index contributed by atoms with van der Waals surface area (Å²) in [7, 11) is 1.23. The molecular weight excluding hydrogens is 245 g/mol. The van der Waals surface area contributed by atoms with Crippen molar-refractivity contribution < 1.29 is 22.7 Å². The molecule has 6 heteroatoms. The Morgan fingerprint density at radius 2 is 1.94 bits per heavy atom. The van der Waals surface area contributed by atoms with Crippen LogP contribution in [0.25, 0.3) is 0 Å². The van der Waals surface area contributed by atoms with Crippen LogP contribution in [0, 0.1) is 0 Å². The molecule has 0 amide bonds. The maximum Gasteiger partial charge on any atom is 0.404 e. The largest absolute Gasteiger partial charge is 0.496 e. The topological polar surface area (TPSA) is 26.3 Å². The van der Waals surface area contributed by atoms with E-state index >= 15 is 0 Å². The number of para-hydroxylation sites is 1. The van der Waals surface area contributed by atoms with Crippen LogP contribution in [0.3, 0.4) is 0 Å². The van der Waals surface area contributed by atoms with Crippen LogP contribution in [0.4, 0.5) is 13.2 Å². The quantitative estimate of drug-likeness (QED) is 0.773. The van der Waals surface area contributed by atoms with Crippen molar-refractivity contribution >= 4 is 16.8 Å². The summed E-state index contributed by atoms with van der Waals surface area (Å²) in [4.78, 5) is 10.8. The normalized spacial score (nSPS) is 13.3. The van der Waals surface area contributed by atoms with Gasteiger partial charge in [0.05, 0.1) is 7.11 Å². The van der Waals surface area contributed by atoms with Gasteiger partial charge in [0.25, 0.3) is 0 Å². The van der Waals surface area contributed by atoms with E-state index in [-0.39, 0.29) is 11.3 Å². The maximum atomic E-state index is 12.6. The molecule has 0 aliphatic rings. The molecule has 1 atom stereocenters. The lowest BCUT2D eigenvalue weighted by Crippen LogP contribution is -2.26. The van der Waals surface area contributed by atoms with Crippen molar-refractivity contribution in [2.24, 2.45) is 0 Å². The van der Waals surface area contributed by atoms with Crippen molar-refractivity contribution in [1.29, 1.82) is 0 Å². The second kappa shape index (κ2) is 4.74. The van der Waals surface area contributed by atoms with E-state index in [0.717, 1.165) is 6.07 Å². The molecule has 0 fully saturated rings. The van der Waals surface area contributed by atoms with Gasteiger partial charge in [-0.15, -0.1) is 0 Å². The van der Waals surface area contributed by atoms with Gasteiger partial charge in [0.15, 0.2) is 5.92 Å². The molecule has 0 aliphatic carbocycles. The molecule has 1 aromatic carbocycles. The first-order valence-corrected chi connectivity index (χ1v) is 4.64. The number of halogens is 4. The number of benzene rings is 1. The third-order valence-electron chi connectivity index (χ3n) is 2.00. The predicted molar refractivity (Wildman–Crippen MR) is 52.7 cm³/mol. The van der Waals surface area contributed by atoms with Crippen LogP contribution in [0.5, 0.6) is 5.75 Å². The molecule has 0 N–H and O–H groups in total. The summed E-state index contributed by atoms with van der Waals surface area (Å²) in [6.45, 7) is 0. The Morgan fingerprint density at radius 1 is 1.38 bits per heavy atom. The van der Waals surface area contributed by atoms with Crippen molar-refractivity contribution in [3.63, 3.8) is 0 Å². The number of hydrogen-bond acceptors (Lipinski definition) is 2. The number of rotatable bonds is 3. The fourth-order valence-corrected chi connectivity index (χ4v) is 1.57. The van der Waals surface area contributed by atoms with Gasteiger partial charge in [-0.2, -0.15) is 13.2 Å². The number of methoxy groups -OCH3 is 1. The Labute approximate surface area is 95.0 Å². The lowest BCUT2D eigenvalue weighted by molar-refractivity contribution is -0.158. The molecule has 0 aliphatic heterocycles. The van der Waals surface area contributed by atoms with Crippen molar-refractivity contribution in [3.05, 3.63) is 29.8 Å². The van der Waals surface area contributed by atoms with Crippen LogP contribution in [0.2, 0.25) is 0 Å². The summed E-state index contributed by atoms with van der Waals surface area (Å²) in [6, 6.07) is 5.40. The minimum absolute atomic E-state index is 0.0150. The smallest absolute Gasteiger partial charge is 0.404 e. The van der Waals surface area contributed by atoms with Gasteiger partial charge in [0, 0.05) is 5.56 Å². The fraction of sp³-hybridized carbons (Fsp3) is 0.300. The van der Waals surface area contributed by atoms with Crippen LogP contribution < -0.4 is 4.74 Å². The zero-order valence-electron chi connectivity index (χ0n) is 8.22. The monoisotopic (exact) mass is 252 g/mol. The number of ether oxygens (including phenoxy) is 1. The lowest BCUT2D eigenvalue weighted by atomic mass is 9.99. The second-order valence-electron chi connectivity index (χ2n) is 3.02. The molecule has 0 spiro atoms. The number of alkyl halides is 3. The number of carbonyl (C=O) groups is 1. The van der Waals surface area contributed by atoms with Gasteiger partial charge in [-0.05, 0) is 17.7 Å². The third-order valence-corrected chi connectivity index (χ3v) is 2.22. The van der Waals surface area contributed by atoms with Gasteiger partial charge in [-0.3, -0.25) is 4.79 Å². The minimum atomic E-state index is -4.73. The van der Waals surface area contributed by atoms with Gasteiger partial charge < -0.3 is 4.74 Å². The predicted octanol–water partition coefficient (Wildman–Crippen LogP) is 3.11. The van der Waals surface area contributed by atoms with Crippen LogP contribution in [-0.2, 0) is 4.79 Å². The summed E-state index contributed by atoms with van der Waals surface area (Å²) in [5.41, 5.74) is -0.280. The molecule has 0 unspecified atom stereocenters. The van der Waals surface area contributed by atoms with Crippen molar-refractivity contribution in [2.45, 2.75) is 12.1 Å². The fourth-order valence-electron chi connectivity index (χ4n) is 1.33. The molecule has 16 heavy (non-hydrogen) atoms. The average molecular weight is 253 g/mol.